The van der Waals surface area contributed by atoms with Gasteiger partial charge in [0.25, 0.3) is 0 Å². The van der Waals surface area contributed by atoms with Crippen LogP contribution in [0.25, 0.3) is 0 Å². The SMILES string of the molecule is CC(C)(C)OC(=O)CN1CCCN2CCN(CCCN(CC(=O)Nc3ccccc3)CC2)CC1. The molecule has 1 amide bonds. The van der Waals surface area contributed by atoms with Gasteiger partial charge in [-0.1, -0.05) is 18.2 Å². The number of amides is 1. The Balaban J connectivity index is 1.53. The first kappa shape index (κ1) is 26.6. The lowest BCUT2D eigenvalue weighted by atomic mass is 10.2. The second kappa shape index (κ2) is 13.2. The lowest BCUT2D eigenvalue weighted by Gasteiger charge is -2.35. The number of ether oxygens (including phenoxy) is 1. The summed E-state index contributed by atoms with van der Waals surface area (Å²) in [5.41, 5.74) is 0.400. The maximum atomic E-state index is 12.6. The second-order valence-electron chi connectivity index (χ2n) is 10.4. The zero-order valence-electron chi connectivity index (χ0n) is 21.3. The standard InChI is InChI=1S/C26H43N5O3/c1-26(2,3)34-25(33)22-31-14-8-12-28-15-16-29(18-20-31)11-7-13-30(19-17-28)21-24(32)27-23-9-5-4-6-10-23/h4-6,9-10H,7-8,11-22H2,1-3H3,(H,27,32). The van der Waals surface area contributed by atoms with Gasteiger partial charge in [0.1, 0.15) is 5.60 Å². The van der Waals surface area contributed by atoms with Crippen LogP contribution in [0.2, 0.25) is 0 Å². The first-order valence-corrected chi connectivity index (χ1v) is 12.7. The molecule has 2 aliphatic heterocycles. The number of hydrogen-bond donors (Lipinski definition) is 1. The fraction of sp³-hybridized carbons (Fsp3) is 0.692. The van der Waals surface area contributed by atoms with Crippen molar-refractivity contribution in [1.29, 1.82) is 0 Å². The van der Waals surface area contributed by atoms with E-state index in [0.29, 0.717) is 13.1 Å². The van der Waals surface area contributed by atoms with Crippen LogP contribution in [-0.2, 0) is 14.3 Å². The number of carbonyl (C=O) groups excluding carboxylic acids is 2. The number of benzene rings is 1. The molecule has 190 valence electrons. The number of hydrogen-bond acceptors (Lipinski definition) is 7. The van der Waals surface area contributed by atoms with Crippen LogP contribution in [0.4, 0.5) is 5.69 Å². The Hall–Kier alpha value is -2.00. The summed E-state index contributed by atoms with van der Waals surface area (Å²) in [7, 11) is 0. The van der Waals surface area contributed by atoms with E-state index in [1.807, 2.05) is 51.1 Å². The molecular weight excluding hydrogens is 430 g/mol. The van der Waals surface area contributed by atoms with Crippen molar-refractivity contribution in [3.05, 3.63) is 30.3 Å². The fourth-order valence-electron chi connectivity index (χ4n) is 4.58. The molecule has 1 aromatic rings. The molecule has 3 rings (SSSR count). The normalized spacial score (nSPS) is 23.7. The molecule has 0 spiro atoms. The molecule has 2 bridgehead atoms. The van der Waals surface area contributed by atoms with Crippen molar-refractivity contribution < 1.29 is 14.3 Å². The number of fused-ring (bicyclic) bond motifs is 3. The number of rotatable bonds is 5. The summed E-state index contributed by atoms with van der Waals surface area (Å²) in [6.45, 7) is 16.1. The van der Waals surface area contributed by atoms with E-state index in [9.17, 15) is 9.59 Å². The molecule has 2 fully saturated rings. The Kier molecular flexibility index (Phi) is 10.3. The number of nitrogens with one attached hydrogen (secondary N) is 1. The monoisotopic (exact) mass is 473 g/mol. The average Bonchev–Trinajstić information content (AvgIpc) is 2.77. The summed E-state index contributed by atoms with van der Waals surface area (Å²) in [4.78, 5) is 34.5. The summed E-state index contributed by atoms with van der Waals surface area (Å²) in [6, 6.07) is 9.66. The van der Waals surface area contributed by atoms with E-state index in [0.717, 1.165) is 84.0 Å². The maximum Gasteiger partial charge on any atom is 0.320 e. The van der Waals surface area contributed by atoms with Gasteiger partial charge in [0.15, 0.2) is 0 Å². The summed E-state index contributed by atoms with van der Waals surface area (Å²) >= 11 is 0. The molecule has 2 heterocycles. The molecule has 34 heavy (non-hydrogen) atoms. The summed E-state index contributed by atoms with van der Waals surface area (Å²) in [5, 5.41) is 3.01. The third-order valence-corrected chi connectivity index (χ3v) is 6.29. The second-order valence-corrected chi connectivity index (χ2v) is 10.4. The molecule has 0 radical (unpaired) electrons. The van der Waals surface area contributed by atoms with Gasteiger partial charge in [0.05, 0.1) is 13.1 Å². The van der Waals surface area contributed by atoms with Crippen LogP contribution in [0, 0.1) is 0 Å². The minimum atomic E-state index is -0.447. The van der Waals surface area contributed by atoms with Crippen LogP contribution in [0.3, 0.4) is 0 Å². The van der Waals surface area contributed by atoms with Crippen molar-refractivity contribution in [2.24, 2.45) is 0 Å². The van der Waals surface area contributed by atoms with Gasteiger partial charge in [-0.3, -0.25) is 19.4 Å². The molecule has 2 unspecified atom stereocenters. The molecule has 2 aliphatic rings. The van der Waals surface area contributed by atoms with E-state index in [4.69, 9.17) is 4.74 Å². The van der Waals surface area contributed by atoms with Crippen molar-refractivity contribution in [1.82, 2.24) is 19.6 Å². The van der Waals surface area contributed by atoms with Gasteiger partial charge in [0, 0.05) is 51.5 Å². The topological polar surface area (TPSA) is 68.4 Å². The minimum Gasteiger partial charge on any atom is -0.459 e. The highest BCUT2D eigenvalue weighted by molar-refractivity contribution is 5.92. The lowest BCUT2D eigenvalue weighted by molar-refractivity contribution is -0.156. The van der Waals surface area contributed by atoms with Crippen LogP contribution in [-0.4, -0.2) is 116 Å². The molecule has 0 saturated carbocycles. The Labute approximate surface area is 205 Å². The predicted molar refractivity (Wildman–Crippen MR) is 136 cm³/mol. The molecule has 2 saturated heterocycles. The van der Waals surface area contributed by atoms with E-state index in [2.05, 4.69) is 24.9 Å². The number of esters is 1. The third kappa shape index (κ3) is 10.1. The molecule has 0 aliphatic carbocycles. The summed E-state index contributed by atoms with van der Waals surface area (Å²) in [6.07, 6.45) is 2.06. The van der Waals surface area contributed by atoms with Gasteiger partial charge in [-0.2, -0.15) is 0 Å². The van der Waals surface area contributed by atoms with Gasteiger partial charge in [0.2, 0.25) is 5.91 Å². The number of carbonyl (C=O) groups is 2. The summed E-state index contributed by atoms with van der Waals surface area (Å²) in [5.74, 6) is -0.0935. The molecule has 1 aromatic carbocycles. The van der Waals surface area contributed by atoms with Crippen LogP contribution in [0.1, 0.15) is 33.6 Å². The first-order chi connectivity index (χ1) is 16.3. The number of para-hydroxylation sites is 1. The van der Waals surface area contributed by atoms with Gasteiger partial charge in [-0.15, -0.1) is 0 Å². The van der Waals surface area contributed by atoms with Crippen molar-refractivity contribution in [3.63, 3.8) is 0 Å². The van der Waals surface area contributed by atoms with Crippen LogP contribution < -0.4 is 5.32 Å². The molecule has 8 heteroatoms. The Bertz CT molecular complexity index is 767. The average molecular weight is 474 g/mol. The van der Waals surface area contributed by atoms with E-state index < -0.39 is 5.60 Å². The predicted octanol–water partition coefficient (Wildman–Crippen LogP) is 1.98. The zero-order chi connectivity index (χ0) is 24.4. The highest BCUT2D eigenvalue weighted by Gasteiger charge is 2.22. The Morgan fingerprint density at radius 1 is 0.765 bits per heavy atom. The zero-order valence-corrected chi connectivity index (χ0v) is 21.3. The molecule has 0 aromatic heterocycles. The molecule has 2 atom stereocenters. The van der Waals surface area contributed by atoms with Crippen molar-refractivity contribution in [2.45, 2.75) is 39.2 Å². The van der Waals surface area contributed by atoms with Crippen molar-refractivity contribution in [2.75, 3.05) is 83.9 Å². The highest BCUT2D eigenvalue weighted by atomic mass is 16.6. The van der Waals surface area contributed by atoms with E-state index >= 15 is 0 Å². The Morgan fingerprint density at radius 3 is 1.85 bits per heavy atom. The smallest absolute Gasteiger partial charge is 0.320 e. The van der Waals surface area contributed by atoms with Crippen LogP contribution in [0.5, 0.6) is 0 Å². The lowest BCUT2D eigenvalue weighted by Crippen LogP contribution is -2.48. The first-order valence-electron chi connectivity index (χ1n) is 12.7. The van der Waals surface area contributed by atoms with Crippen LogP contribution >= 0.6 is 0 Å². The van der Waals surface area contributed by atoms with E-state index in [-0.39, 0.29) is 11.9 Å². The van der Waals surface area contributed by atoms with Gasteiger partial charge >= 0.3 is 5.97 Å². The Morgan fingerprint density at radius 2 is 1.29 bits per heavy atom. The third-order valence-electron chi connectivity index (χ3n) is 6.29. The maximum absolute atomic E-state index is 12.6. The minimum absolute atomic E-state index is 0.0468. The van der Waals surface area contributed by atoms with Crippen LogP contribution in [0.15, 0.2) is 30.3 Å². The summed E-state index contributed by atoms with van der Waals surface area (Å²) < 4.78 is 5.55. The fourth-order valence-corrected chi connectivity index (χ4v) is 4.58. The van der Waals surface area contributed by atoms with E-state index in [1.54, 1.807) is 0 Å². The number of nitrogens with zero attached hydrogens (tertiary/aromatic N) is 4. The van der Waals surface area contributed by atoms with Gasteiger partial charge < -0.3 is 19.9 Å². The van der Waals surface area contributed by atoms with Crippen molar-refractivity contribution in [3.8, 4) is 0 Å². The van der Waals surface area contributed by atoms with Crippen molar-refractivity contribution >= 4 is 17.6 Å². The van der Waals surface area contributed by atoms with Gasteiger partial charge in [-0.05, 0) is 65.4 Å². The van der Waals surface area contributed by atoms with Gasteiger partial charge in [-0.25, -0.2) is 0 Å². The highest BCUT2D eigenvalue weighted by Crippen LogP contribution is 2.10. The molecule has 1 N–H and O–H groups in total. The molecular formula is C26H43N5O3. The number of anilines is 1. The van der Waals surface area contributed by atoms with E-state index in [1.165, 1.54) is 0 Å². The molecule has 8 nitrogen and oxygen atoms in total. The largest absolute Gasteiger partial charge is 0.459 e. The quantitative estimate of drug-likeness (QED) is 0.656.